The Hall–Kier alpha value is -1.41. The first-order chi connectivity index (χ1) is 9.72. The maximum absolute atomic E-state index is 6.09. The second-order valence-electron chi connectivity index (χ2n) is 3.98. The minimum atomic E-state index is 0.319. The Morgan fingerprint density at radius 1 is 1.30 bits per heavy atom. The van der Waals surface area contributed by atoms with Gasteiger partial charge in [0.25, 0.3) is 0 Å². The number of hydrogen-bond acceptors (Lipinski definition) is 4. The second kappa shape index (κ2) is 9.49. The van der Waals surface area contributed by atoms with Crippen LogP contribution in [0.15, 0.2) is 12.1 Å². The fourth-order valence-electron chi connectivity index (χ4n) is 1.65. The third-order valence-corrected chi connectivity index (χ3v) is 2.80. The molecule has 110 valence electrons. The van der Waals surface area contributed by atoms with E-state index in [-0.39, 0.29) is 0 Å². The Morgan fingerprint density at radius 3 is 2.75 bits per heavy atom. The predicted octanol–water partition coefficient (Wildman–Crippen LogP) is 2.49. The highest BCUT2D eigenvalue weighted by Gasteiger charge is 2.12. The van der Waals surface area contributed by atoms with Crippen LogP contribution in [0.2, 0.25) is 5.02 Å². The van der Waals surface area contributed by atoms with Gasteiger partial charge < -0.3 is 19.5 Å². The van der Waals surface area contributed by atoms with Crippen molar-refractivity contribution in [2.75, 3.05) is 34.0 Å². The second-order valence-corrected chi connectivity index (χ2v) is 4.42. The van der Waals surface area contributed by atoms with Crippen LogP contribution < -0.4 is 14.8 Å². The van der Waals surface area contributed by atoms with Gasteiger partial charge in [0.15, 0.2) is 11.5 Å². The summed E-state index contributed by atoms with van der Waals surface area (Å²) >= 11 is 6.09. The lowest BCUT2D eigenvalue weighted by Crippen LogP contribution is -2.19. The monoisotopic (exact) mass is 297 g/mol. The van der Waals surface area contributed by atoms with Gasteiger partial charge in [0.2, 0.25) is 0 Å². The van der Waals surface area contributed by atoms with Crippen LogP contribution in [0.5, 0.6) is 11.5 Å². The summed E-state index contributed by atoms with van der Waals surface area (Å²) in [6.45, 7) is 4.11. The number of benzene rings is 1. The molecule has 0 spiro atoms. The van der Waals surface area contributed by atoms with E-state index in [9.17, 15) is 0 Å². The quantitative estimate of drug-likeness (QED) is 0.591. The third kappa shape index (κ3) is 5.30. The zero-order chi connectivity index (χ0) is 14.8. The third-order valence-electron chi connectivity index (χ3n) is 2.58. The lowest BCUT2D eigenvalue weighted by atomic mass is 10.2. The molecule has 20 heavy (non-hydrogen) atoms. The highest BCUT2D eigenvalue weighted by Crippen LogP contribution is 2.34. The number of nitrogens with one attached hydrogen (secondary N) is 1. The molecule has 0 heterocycles. The van der Waals surface area contributed by atoms with Crippen molar-refractivity contribution < 1.29 is 14.2 Å². The molecular formula is C15H20ClNO3. The summed E-state index contributed by atoms with van der Waals surface area (Å²) < 4.78 is 16.0. The highest BCUT2D eigenvalue weighted by atomic mass is 35.5. The minimum absolute atomic E-state index is 0.319. The number of halogens is 1. The van der Waals surface area contributed by atoms with E-state index in [1.165, 1.54) is 0 Å². The van der Waals surface area contributed by atoms with Gasteiger partial charge in [0.05, 0.1) is 13.7 Å². The predicted molar refractivity (Wildman–Crippen MR) is 80.5 cm³/mol. The van der Waals surface area contributed by atoms with E-state index in [0.717, 1.165) is 12.1 Å². The van der Waals surface area contributed by atoms with Crippen LogP contribution in [0.25, 0.3) is 0 Å². The molecule has 1 aromatic rings. The van der Waals surface area contributed by atoms with Crippen molar-refractivity contribution in [3.63, 3.8) is 0 Å². The van der Waals surface area contributed by atoms with E-state index in [1.54, 1.807) is 27.2 Å². The van der Waals surface area contributed by atoms with Gasteiger partial charge in [-0.3, -0.25) is 0 Å². The highest BCUT2D eigenvalue weighted by molar-refractivity contribution is 6.30. The zero-order valence-electron chi connectivity index (χ0n) is 12.1. The van der Waals surface area contributed by atoms with Gasteiger partial charge in [-0.2, -0.15) is 0 Å². The molecule has 0 bridgehead atoms. The molecule has 0 unspecified atom stereocenters. The Bertz CT molecular complexity index is 480. The molecule has 1 aromatic carbocycles. The fourth-order valence-corrected chi connectivity index (χ4v) is 1.88. The van der Waals surface area contributed by atoms with E-state index in [4.69, 9.17) is 25.8 Å². The molecule has 0 aliphatic rings. The van der Waals surface area contributed by atoms with Crippen LogP contribution in [0.4, 0.5) is 0 Å². The van der Waals surface area contributed by atoms with Gasteiger partial charge in [-0.25, -0.2) is 0 Å². The van der Waals surface area contributed by atoms with E-state index in [1.807, 2.05) is 6.07 Å². The average molecular weight is 298 g/mol. The van der Waals surface area contributed by atoms with Gasteiger partial charge in [-0.1, -0.05) is 17.5 Å². The van der Waals surface area contributed by atoms with Crippen molar-refractivity contribution in [2.24, 2.45) is 0 Å². The van der Waals surface area contributed by atoms with Crippen LogP contribution in [-0.4, -0.2) is 34.0 Å². The Labute approximate surface area is 125 Å². The number of rotatable bonds is 8. The molecule has 0 amide bonds. The molecule has 0 atom stereocenters. The van der Waals surface area contributed by atoms with E-state index in [2.05, 4.69) is 17.2 Å². The van der Waals surface area contributed by atoms with Gasteiger partial charge in [0, 0.05) is 36.9 Å². The maximum atomic E-state index is 6.09. The first-order valence-corrected chi connectivity index (χ1v) is 6.69. The largest absolute Gasteiger partial charge is 0.493 e. The van der Waals surface area contributed by atoms with E-state index >= 15 is 0 Å². The molecule has 5 heteroatoms. The molecule has 0 aliphatic carbocycles. The molecule has 0 aliphatic heterocycles. The summed E-state index contributed by atoms with van der Waals surface area (Å²) in [6, 6.07) is 3.59. The summed E-state index contributed by atoms with van der Waals surface area (Å²) in [7, 11) is 3.26. The molecule has 0 radical (unpaired) electrons. The van der Waals surface area contributed by atoms with Crippen LogP contribution >= 0.6 is 11.6 Å². The van der Waals surface area contributed by atoms with E-state index in [0.29, 0.717) is 36.3 Å². The van der Waals surface area contributed by atoms with Crippen molar-refractivity contribution in [3.8, 4) is 23.3 Å². The summed E-state index contributed by atoms with van der Waals surface area (Å²) in [5, 5.41) is 3.87. The smallest absolute Gasteiger partial charge is 0.167 e. The standard InChI is InChI=1S/C15H20ClNO3/c1-4-5-7-20-15-12(11-17-6-8-18-2)9-13(16)10-14(15)19-3/h9-10,17H,6-8,11H2,1-3H3. The van der Waals surface area contributed by atoms with E-state index < -0.39 is 0 Å². The lowest BCUT2D eigenvalue weighted by Gasteiger charge is -2.15. The normalized spacial score (nSPS) is 9.80. The number of methoxy groups -OCH3 is 2. The number of ether oxygens (including phenoxy) is 3. The van der Waals surface area contributed by atoms with Crippen LogP contribution in [0.1, 0.15) is 12.5 Å². The van der Waals surface area contributed by atoms with Crippen molar-refractivity contribution in [3.05, 3.63) is 22.7 Å². The first kappa shape index (κ1) is 16.6. The molecule has 0 saturated carbocycles. The van der Waals surface area contributed by atoms with Gasteiger partial charge in [-0.05, 0) is 13.0 Å². The maximum Gasteiger partial charge on any atom is 0.167 e. The molecule has 0 aromatic heterocycles. The molecule has 0 saturated heterocycles. The topological polar surface area (TPSA) is 39.7 Å². The molecule has 0 fully saturated rings. The van der Waals surface area contributed by atoms with Crippen molar-refractivity contribution in [2.45, 2.75) is 13.5 Å². The summed E-state index contributed by atoms with van der Waals surface area (Å²) in [5.41, 5.74) is 0.934. The van der Waals surface area contributed by atoms with Crippen molar-refractivity contribution >= 4 is 11.6 Å². The van der Waals surface area contributed by atoms with Gasteiger partial charge in [-0.15, -0.1) is 5.92 Å². The van der Waals surface area contributed by atoms with Gasteiger partial charge >= 0.3 is 0 Å². The lowest BCUT2D eigenvalue weighted by molar-refractivity contribution is 0.199. The number of hydrogen-bond donors (Lipinski definition) is 1. The van der Waals surface area contributed by atoms with Crippen LogP contribution in [0.3, 0.4) is 0 Å². The molecule has 1 N–H and O–H groups in total. The van der Waals surface area contributed by atoms with Crippen molar-refractivity contribution in [1.82, 2.24) is 5.32 Å². The zero-order valence-corrected chi connectivity index (χ0v) is 12.8. The molecule has 4 nitrogen and oxygen atoms in total. The Morgan fingerprint density at radius 2 is 2.10 bits per heavy atom. The average Bonchev–Trinajstić information content (AvgIpc) is 2.45. The molecular weight excluding hydrogens is 278 g/mol. The first-order valence-electron chi connectivity index (χ1n) is 6.31. The summed E-state index contributed by atoms with van der Waals surface area (Å²) in [6.07, 6.45) is 0. The summed E-state index contributed by atoms with van der Waals surface area (Å²) in [4.78, 5) is 0. The Balaban J connectivity index is 2.86. The SMILES string of the molecule is CC#CCOc1c(CNCCOC)cc(Cl)cc1OC. The van der Waals surface area contributed by atoms with Gasteiger partial charge in [0.1, 0.15) is 6.61 Å². The minimum Gasteiger partial charge on any atom is -0.493 e. The fraction of sp³-hybridized carbons (Fsp3) is 0.467. The van der Waals surface area contributed by atoms with Crippen molar-refractivity contribution in [1.29, 1.82) is 0 Å². The molecule has 1 rings (SSSR count). The van der Waals surface area contributed by atoms with Crippen LogP contribution in [0, 0.1) is 11.8 Å². The Kier molecular flexibility index (Phi) is 7.89. The van der Waals surface area contributed by atoms with Crippen LogP contribution in [-0.2, 0) is 11.3 Å². The summed E-state index contributed by atoms with van der Waals surface area (Å²) in [5.74, 6) is 6.94.